The minimum absolute atomic E-state index is 0.635. The van der Waals surface area contributed by atoms with Gasteiger partial charge < -0.3 is 5.32 Å². The molecule has 0 aromatic heterocycles. The van der Waals surface area contributed by atoms with Gasteiger partial charge in [-0.1, -0.05) is 24.6 Å². The molecule has 0 aliphatic carbocycles. The first-order chi connectivity index (χ1) is 5.77. The lowest BCUT2D eigenvalue weighted by Crippen LogP contribution is -2.18. The molecule has 0 spiro atoms. The van der Waals surface area contributed by atoms with Crippen molar-refractivity contribution in [1.29, 1.82) is 0 Å². The molecule has 1 heterocycles. The Labute approximate surface area is 81.5 Å². The normalized spacial score (nSPS) is 21.3. The van der Waals surface area contributed by atoms with E-state index >= 15 is 0 Å². The number of hydrogen-bond donors (Lipinski definition) is 1. The molecule has 2 rings (SSSR count). The fourth-order valence-corrected chi connectivity index (χ4v) is 2.63. The highest BCUT2D eigenvalue weighted by Gasteiger charge is 2.16. The minimum atomic E-state index is 0.635. The summed E-state index contributed by atoms with van der Waals surface area (Å²) in [7, 11) is 0. The molecule has 0 saturated heterocycles. The van der Waals surface area contributed by atoms with Crippen molar-refractivity contribution in [2.45, 2.75) is 17.1 Å². The van der Waals surface area contributed by atoms with Crippen LogP contribution in [0.1, 0.15) is 6.92 Å². The monoisotopic (exact) mass is 199 g/mol. The van der Waals surface area contributed by atoms with Crippen molar-refractivity contribution in [2.24, 2.45) is 0 Å². The van der Waals surface area contributed by atoms with Gasteiger partial charge in [-0.15, -0.1) is 11.8 Å². The van der Waals surface area contributed by atoms with Gasteiger partial charge in [0.1, 0.15) is 0 Å². The number of thioether (sulfide) groups is 1. The van der Waals surface area contributed by atoms with Crippen molar-refractivity contribution >= 4 is 29.1 Å². The van der Waals surface area contributed by atoms with Crippen LogP contribution in [0.15, 0.2) is 23.1 Å². The van der Waals surface area contributed by atoms with Crippen LogP contribution in [0.25, 0.3) is 0 Å². The third kappa shape index (κ3) is 1.41. The van der Waals surface area contributed by atoms with Crippen LogP contribution >= 0.6 is 23.4 Å². The summed E-state index contributed by atoms with van der Waals surface area (Å²) in [6.07, 6.45) is 0. The summed E-state index contributed by atoms with van der Waals surface area (Å²) in [5.74, 6) is 0. The van der Waals surface area contributed by atoms with Crippen molar-refractivity contribution in [3.8, 4) is 0 Å². The van der Waals surface area contributed by atoms with Gasteiger partial charge in [-0.25, -0.2) is 0 Å². The third-order valence-corrected chi connectivity index (χ3v) is 3.35. The average Bonchev–Trinajstić information content (AvgIpc) is 2.04. The van der Waals surface area contributed by atoms with Gasteiger partial charge in [0.15, 0.2) is 0 Å². The lowest BCUT2D eigenvalue weighted by Gasteiger charge is -2.23. The molecule has 0 bridgehead atoms. The lowest BCUT2D eigenvalue weighted by atomic mass is 10.3. The van der Waals surface area contributed by atoms with Crippen LogP contribution in [0, 0.1) is 0 Å². The summed E-state index contributed by atoms with van der Waals surface area (Å²) in [6, 6.07) is 6.02. The molecule has 0 amide bonds. The third-order valence-electron chi connectivity index (χ3n) is 1.87. The fraction of sp³-hybridized carbons (Fsp3) is 0.333. The van der Waals surface area contributed by atoms with Gasteiger partial charge in [0, 0.05) is 16.7 Å². The molecule has 0 fully saturated rings. The predicted molar refractivity (Wildman–Crippen MR) is 55.3 cm³/mol. The maximum atomic E-state index is 6.01. The van der Waals surface area contributed by atoms with Gasteiger partial charge in [0.05, 0.1) is 10.7 Å². The SMILES string of the molecule is CC1CNc2c(Cl)cccc2S1. The largest absolute Gasteiger partial charge is 0.382 e. The summed E-state index contributed by atoms with van der Waals surface area (Å²) in [5, 5.41) is 4.79. The van der Waals surface area contributed by atoms with Gasteiger partial charge in [0.25, 0.3) is 0 Å². The molecule has 1 N–H and O–H groups in total. The van der Waals surface area contributed by atoms with Crippen molar-refractivity contribution in [2.75, 3.05) is 11.9 Å². The summed E-state index contributed by atoms with van der Waals surface area (Å²) < 4.78 is 0. The molecule has 1 atom stereocenters. The first-order valence-corrected chi connectivity index (χ1v) is 5.22. The maximum Gasteiger partial charge on any atom is 0.0668 e. The summed E-state index contributed by atoms with van der Waals surface area (Å²) in [4.78, 5) is 1.27. The zero-order valence-corrected chi connectivity index (χ0v) is 8.38. The molecule has 1 aromatic carbocycles. The van der Waals surface area contributed by atoms with Crippen molar-refractivity contribution < 1.29 is 0 Å². The van der Waals surface area contributed by atoms with Crippen molar-refractivity contribution in [3.63, 3.8) is 0 Å². The van der Waals surface area contributed by atoms with Crippen LogP contribution < -0.4 is 5.32 Å². The first kappa shape index (κ1) is 8.27. The predicted octanol–water partition coefficient (Wildman–Crippen LogP) is 3.25. The quantitative estimate of drug-likeness (QED) is 0.689. The molecule has 1 aliphatic heterocycles. The molecule has 64 valence electrons. The second-order valence-electron chi connectivity index (χ2n) is 2.92. The Hall–Kier alpha value is -0.340. The van der Waals surface area contributed by atoms with E-state index in [0.29, 0.717) is 5.25 Å². The zero-order valence-electron chi connectivity index (χ0n) is 6.80. The van der Waals surface area contributed by atoms with E-state index in [4.69, 9.17) is 11.6 Å². The summed E-state index contributed by atoms with van der Waals surface area (Å²) in [5.41, 5.74) is 1.10. The van der Waals surface area contributed by atoms with Crippen LogP contribution in [-0.2, 0) is 0 Å². The van der Waals surface area contributed by atoms with Crippen LogP contribution in [0.3, 0.4) is 0 Å². The van der Waals surface area contributed by atoms with Crippen molar-refractivity contribution in [1.82, 2.24) is 0 Å². The number of hydrogen-bond acceptors (Lipinski definition) is 2. The van der Waals surface area contributed by atoms with Gasteiger partial charge in [-0.2, -0.15) is 0 Å². The number of rotatable bonds is 0. The zero-order chi connectivity index (χ0) is 8.55. The van der Waals surface area contributed by atoms with E-state index in [9.17, 15) is 0 Å². The Kier molecular flexibility index (Phi) is 2.20. The second kappa shape index (κ2) is 3.19. The maximum absolute atomic E-state index is 6.01. The number of anilines is 1. The average molecular weight is 200 g/mol. The first-order valence-electron chi connectivity index (χ1n) is 3.96. The van der Waals surface area contributed by atoms with E-state index in [2.05, 4.69) is 18.3 Å². The van der Waals surface area contributed by atoms with E-state index in [1.165, 1.54) is 4.90 Å². The Morgan fingerprint density at radius 2 is 2.42 bits per heavy atom. The fourth-order valence-electron chi connectivity index (χ4n) is 1.28. The van der Waals surface area contributed by atoms with Crippen LogP contribution in [-0.4, -0.2) is 11.8 Å². The Morgan fingerprint density at radius 1 is 1.58 bits per heavy atom. The highest BCUT2D eigenvalue weighted by Crippen LogP contribution is 2.38. The smallest absolute Gasteiger partial charge is 0.0668 e. The standard InChI is InChI=1S/C9H10ClNS/c1-6-5-11-9-7(10)3-2-4-8(9)12-6/h2-4,6,11H,5H2,1H3. The lowest BCUT2D eigenvalue weighted by molar-refractivity contribution is 0.975. The van der Waals surface area contributed by atoms with Crippen molar-refractivity contribution in [3.05, 3.63) is 23.2 Å². The second-order valence-corrected chi connectivity index (χ2v) is 4.81. The number of para-hydroxylation sites is 1. The van der Waals surface area contributed by atoms with Crippen LogP contribution in [0.2, 0.25) is 5.02 Å². The Bertz CT molecular complexity index is 301. The summed E-state index contributed by atoms with van der Waals surface area (Å²) in [6.45, 7) is 3.21. The van der Waals surface area contributed by atoms with E-state index in [1.807, 2.05) is 23.9 Å². The number of nitrogens with one attached hydrogen (secondary N) is 1. The summed E-state index contributed by atoms with van der Waals surface area (Å²) >= 11 is 7.89. The van der Waals surface area contributed by atoms with E-state index < -0.39 is 0 Å². The molecule has 1 unspecified atom stereocenters. The highest BCUT2D eigenvalue weighted by atomic mass is 35.5. The van der Waals surface area contributed by atoms with Gasteiger partial charge in [0.2, 0.25) is 0 Å². The number of fused-ring (bicyclic) bond motifs is 1. The minimum Gasteiger partial charge on any atom is -0.382 e. The topological polar surface area (TPSA) is 12.0 Å². The van der Waals surface area contributed by atoms with Gasteiger partial charge in [-0.3, -0.25) is 0 Å². The number of benzene rings is 1. The van der Waals surface area contributed by atoms with E-state index in [1.54, 1.807) is 0 Å². The van der Waals surface area contributed by atoms with Crippen LogP contribution in [0.4, 0.5) is 5.69 Å². The molecular formula is C9H10ClNS. The van der Waals surface area contributed by atoms with Gasteiger partial charge >= 0.3 is 0 Å². The Morgan fingerprint density at radius 3 is 3.25 bits per heavy atom. The molecule has 1 aromatic rings. The Balaban J connectivity index is 2.42. The number of halogens is 1. The molecule has 1 nitrogen and oxygen atoms in total. The molecule has 12 heavy (non-hydrogen) atoms. The highest BCUT2D eigenvalue weighted by molar-refractivity contribution is 8.00. The molecular weight excluding hydrogens is 190 g/mol. The van der Waals surface area contributed by atoms with Crippen LogP contribution in [0.5, 0.6) is 0 Å². The van der Waals surface area contributed by atoms with Gasteiger partial charge in [-0.05, 0) is 12.1 Å². The van der Waals surface area contributed by atoms with E-state index in [-0.39, 0.29) is 0 Å². The molecule has 1 aliphatic rings. The molecule has 3 heteroatoms. The molecule has 0 radical (unpaired) electrons. The molecule has 0 saturated carbocycles. The van der Waals surface area contributed by atoms with E-state index in [0.717, 1.165) is 17.3 Å².